The largest absolute Gasteiger partial charge is 0.342 e. The molecule has 124 valence electrons. The number of carbonyl (C=O) groups is 1. The number of amides is 1. The lowest BCUT2D eigenvalue weighted by molar-refractivity contribution is -0.135. The van der Waals surface area contributed by atoms with E-state index in [0.717, 1.165) is 61.3 Å². The van der Waals surface area contributed by atoms with Crippen LogP contribution in [0, 0.1) is 11.7 Å². The molecular formula is C19H20FN3O. The third kappa shape index (κ3) is 2.75. The number of benzene rings is 1. The molecule has 0 spiro atoms. The molecule has 2 aliphatic rings. The fourth-order valence-electron chi connectivity index (χ4n) is 3.63. The number of nitrogens with one attached hydrogen (secondary N) is 1. The van der Waals surface area contributed by atoms with Crippen LogP contribution in [0.3, 0.4) is 0 Å². The van der Waals surface area contributed by atoms with E-state index in [1.807, 2.05) is 4.90 Å². The summed E-state index contributed by atoms with van der Waals surface area (Å²) >= 11 is 0. The maximum atomic E-state index is 13.1. The topological polar surface area (TPSA) is 49.0 Å². The Labute approximate surface area is 140 Å². The standard InChI is InChI=1S/C19H20FN3O/c20-15-7-5-13(6-8-15)18-16-9-11-23(12-10-17(16)21-22-18)19(24)14-3-1-2-4-14/h1-2,5-8,14H,3-4,9-12H2,(H,21,22). The zero-order chi connectivity index (χ0) is 16.5. The molecule has 1 aromatic heterocycles. The molecule has 1 aliphatic heterocycles. The van der Waals surface area contributed by atoms with Gasteiger partial charge in [-0.25, -0.2) is 4.39 Å². The van der Waals surface area contributed by atoms with Crippen LogP contribution in [0.4, 0.5) is 4.39 Å². The van der Waals surface area contributed by atoms with Crippen molar-refractivity contribution in [3.8, 4) is 11.3 Å². The zero-order valence-electron chi connectivity index (χ0n) is 13.5. The predicted molar refractivity (Wildman–Crippen MR) is 89.8 cm³/mol. The van der Waals surface area contributed by atoms with Gasteiger partial charge in [0.1, 0.15) is 5.82 Å². The molecule has 2 heterocycles. The molecule has 0 atom stereocenters. The normalized spacial score (nSPS) is 17.8. The highest BCUT2D eigenvalue weighted by atomic mass is 19.1. The molecule has 1 N–H and O–H groups in total. The molecule has 1 aliphatic carbocycles. The molecule has 4 rings (SSSR count). The van der Waals surface area contributed by atoms with E-state index in [9.17, 15) is 9.18 Å². The second kappa shape index (κ2) is 6.23. The van der Waals surface area contributed by atoms with Gasteiger partial charge in [0.2, 0.25) is 5.91 Å². The number of allylic oxidation sites excluding steroid dienone is 2. The summed E-state index contributed by atoms with van der Waals surface area (Å²) in [5, 5.41) is 7.54. The van der Waals surface area contributed by atoms with Gasteiger partial charge in [0, 0.05) is 42.2 Å². The summed E-state index contributed by atoms with van der Waals surface area (Å²) in [7, 11) is 0. The van der Waals surface area contributed by atoms with Gasteiger partial charge in [0.25, 0.3) is 0 Å². The first-order chi connectivity index (χ1) is 11.7. The number of hydrogen-bond donors (Lipinski definition) is 1. The smallest absolute Gasteiger partial charge is 0.226 e. The van der Waals surface area contributed by atoms with Crippen molar-refractivity contribution in [2.75, 3.05) is 13.1 Å². The maximum absolute atomic E-state index is 13.1. The van der Waals surface area contributed by atoms with Crippen molar-refractivity contribution in [1.82, 2.24) is 15.1 Å². The highest BCUT2D eigenvalue weighted by Crippen LogP contribution is 2.28. The van der Waals surface area contributed by atoms with E-state index in [4.69, 9.17) is 0 Å². The van der Waals surface area contributed by atoms with Gasteiger partial charge in [-0.3, -0.25) is 9.89 Å². The Morgan fingerprint density at radius 2 is 1.83 bits per heavy atom. The molecule has 24 heavy (non-hydrogen) atoms. The Balaban J connectivity index is 1.53. The van der Waals surface area contributed by atoms with E-state index < -0.39 is 0 Å². The Hall–Kier alpha value is -2.43. The van der Waals surface area contributed by atoms with Gasteiger partial charge in [-0.05, 0) is 43.5 Å². The first-order valence-electron chi connectivity index (χ1n) is 8.48. The second-order valence-electron chi connectivity index (χ2n) is 6.50. The van der Waals surface area contributed by atoms with E-state index in [0.29, 0.717) is 0 Å². The van der Waals surface area contributed by atoms with Crippen molar-refractivity contribution in [1.29, 1.82) is 0 Å². The number of hydrogen-bond acceptors (Lipinski definition) is 2. The molecule has 1 amide bonds. The molecule has 1 aromatic carbocycles. The Morgan fingerprint density at radius 3 is 2.58 bits per heavy atom. The van der Waals surface area contributed by atoms with Crippen molar-refractivity contribution < 1.29 is 9.18 Å². The van der Waals surface area contributed by atoms with Crippen molar-refractivity contribution in [2.45, 2.75) is 25.7 Å². The summed E-state index contributed by atoms with van der Waals surface area (Å²) in [4.78, 5) is 14.6. The number of aromatic amines is 1. The van der Waals surface area contributed by atoms with Crippen LogP contribution in [0.2, 0.25) is 0 Å². The van der Waals surface area contributed by atoms with Crippen LogP contribution >= 0.6 is 0 Å². The Morgan fingerprint density at radius 1 is 1.12 bits per heavy atom. The summed E-state index contributed by atoms with van der Waals surface area (Å²) < 4.78 is 13.1. The van der Waals surface area contributed by atoms with Gasteiger partial charge < -0.3 is 4.90 Å². The van der Waals surface area contributed by atoms with Crippen molar-refractivity contribution in [3.05, 3.63) is 53.5 Å². The van der Waals surface area contributed by atoms with E-state index in [1.54, 1.807) is 12.1 Å². The van der Waals surface area contributed by atoms with Crippen LogP contribution in [0.5, 0.6) is 0 Å². The van der Waals surface area contributed by atoms with Crippen LogP contribution in [-0.4, -0.2) is 34.1 Å². The first kappa shape index (κ1) is 15.1. The molecule has 5 heteroatoms. The van der Waals surface area contributed by atoms with E-state index in [1.165, 1.54) is 12.1 Å². The average molecular weight is 325 g/mol. The molecular weight excluding hydrogens is 305 g/mol. The second-order valence-corrected chi connectivity index (χ2v) is 6.50. The van der Waals surface area contributed by atoms with Crippen LogP contribution in [0.15, 0.2) is 36.4 Å². The molecule has 0 radical (unpaired) electrons. The average Bonchev–Trinajstić information content (AvgIpc) is 3.21. The Bertz CT molecular complexity index is 770. The minimum absolute atomic E-state index is 0.121. The van der Waals surface area contributed by atoms with Crippen LogP contribution in [0.1, 0.15) is 24.1 Å². The molecule has 0 unspecified atom stereocenters. The molecule has 0 saturated carbocycles. The summed E-state index contributed by atoms with van der Waals surface area (Å²) in [6, 6.07) is 6.42. The maximum Gasteiger partial charge on any atom is 0.226 e. The lowest BCUT2D eigenvalue weighted by Crippen LogP contribution is -2.37. The molecule has 0 bridgehead atoms. The number of carbonyl (C=O) groups excluding carboxylic acids is 1. The lowest BCUT2D eigenvalue weighted by atomic mass is 10.0. The number of fused-ring (bicyclic) bond motifs is 1. The van der Waals surface area contributed by atoms with E-state index >= 15 is 0 Å². The van der Waals surface area contributed by atoms with Crippen LogP contribution in [-0.2, 0) is 17.6 Å². The Kier molecular flexibility index (Phi) is 3.92. The first-order valence-corrected chi connectivity index (χ1v) is 8.48. The number of halogens is 1. The van der Waals surface area contributed by atoms with Gasteiger partial charge in [-0.2, -0.15) is 5.10 Å². The molecule has 4 nitrogen and oxygen atoms in total. The summed E-state index contributed by atoms with van der Waals surface area (Å²) in [6.45, 7) is 1.45. The van der Waals surface area contributed by atoms with Crippen LogP contribution < -0.4 is 0 Å². The number of nitrogens with zero attached hydrogens (tertiary/aromatic N) is 2. The summed E-state index contributed by atoms with van der Waals surface area (Å²) in [5.74, 6) is 0.139. The molecule has 0 fully saturated rings. The minimum Gasteiger partial charge on any atom is -0.342 e. The van der Waals surface area contributed by atoms with Crippen molar-refractivity contribution >= 4 is 5.91 Å². The fraction of sp³-hybridized carbons (Fsp3) is 0.368. The molecule has 2 aromatic rings. The summed E-state index contributed by atoms with van der Waals surface area (Å²) in [5.41, 5.74) is 4.03. The van der Waals surface area contributed by atoms with Gasteiger partial charge >= 0.3 is 0 Å². The fourth-order valence-corrected chi connectivity index (χ4v) is 3.63. The van der Waals surface area contributed by atoms with Gasteiger partial charge in [0.05, 0.1) is 5.69 Å². The van der Waals surface area contributed by atoms with Crippen molar-refractivity contribution in [2.24, 2.45) is 5.92 Å². The third-order valence-electron chi connectivity index (χ3n) is 5.00. The van der Waals surface area contributed by atoms with Crippen molar-refractivity contribution in [3.63, 3.8) is 0 Å². The van der Waals surface area contributed by atoms with E-state index in [2.05, 4.69) is 22.3 Å². The predicted octanol–water partition coefficient (Wildman–Crippen LogP) is 3.11. The monoisotopic (exact) mass is 325 g/mol. The number of aromatic nitrogens is 2. The van der Waals surface area contributed by atoms with Gasteiger partial charge in [0.15, 0.2) is 0 Å². The lowest BCUT2D eigenvalue weighted by Gasteiger charge is -2.23. The number of rotatable bonds is 2. The third-order valence-corrected chi connectivity index (χ3v) is 5.00. The van der Waals surface area contributed by atoms with E-state index in [-0.39, 0.29) is 17.6 Å². The quantitative estimate of drug-likeness (QED) is 0.863. The summed E-state index contributed by atoms with van der Waals surface area (Å²) in [6.07, 6.45) is 7.49. The van der Waals surface area contributed by atoms with Crippen LogP contribution in [0.25, 0.3) is 11.3 Å². The minimum atomic E-state index is -0.248. The highest BCUT2D eigenvalue weighted by molar-refractivity contribution is 5.80. The molecule has 0 saturated heterocycles. The zero-order valence-corrected chi connectivity index (χ0v) is 13.5. The van der Waals surface area contributed by atoms with Gasteiger partial charge in [-0.15, -0.1) is 0 Å². The van der Waals surface area contributed by atoms with Gasteiger partial charge in [-0.1, -0.05) is 12.2 Å². The number of H-pyrrole nitrogens is 1. The highest BCUT2D eigenvalue weighted by Gasteiger charge is 2.27. The SMILES string of the molecule is O=C(C1CC=CC1)N1CCc2[nH]nc(-c3ccc(F)cc3)c2CC1.